The van der Waals surface area contributed by atoms with Gasteiger partial charge in [0.15, 0.2) is 5.78 Å². The topological polar surface area (TPSA) is 30.2 Å². The molecule has 0 saturated heterocycles. The Kier molecular flexibility index (Phi) is 5.88. The Bertz CT molecular complexity index is 823. The number of alkyl halides is 3. The maximum atomic E-state index is 12.8. The van der Waals surface area contributed by atoms with Gasteiger partial charge in [-0.15, -0.1) is 23.1 Å². The Morgan fingerprint density at radius 3 is 2.46 bits per heavy atom. The predicted molar refractivity (Wildman–Crippen MR) is 97.5 cm³/mol. The quantitative estimate of drug-likeness (QED) is 0.421. The zero-order valence-electron chi connectivity index (χ0n) is 13.5. The third-order valence-corrected chi connectivity index (χ3v) is 5.99. The average Bonchev–Trinajstić information content (AvgIpc) is 3.31. The molecule has 2 heterocycles. The van der Waals surface area contributed by atoms with Crippen molar-refractivity contribution in [2.45, 2.75) is 23.6 Å². The van der Waals surface area contributed by atoms with Crippen molar-refractivity contribution in [2.75, 3.05) is 0 Å². The fraction of sp³-hybridized carbons (Fsp3) is 0.211. The Morgan fingerprint density at radius 1 is 1.12 bits per heavy atom. The number of hydrogen-bond acceptors (Lipinski definition) is 4. The molecule has 0 aliphatic rings. The van der Waals surface area contributed by atoms with Gasteiger partial charge in [-0.1, -0.05) is 18.2 Å². The van der Waals surface area contributed by atoms with Crippen LogP contribution in [0.15, 0.2) is 64.6 Å². The fourth-order valence-electron chi connectivity index (χ4n) is 2.44. The van der Waals surface area contributed by atoms with Gasteiger partial charge in [0, 0.05) is 11.7 Å². The molecule has 1 aromatic carbocycles. The molecule has 0 radical (unpaired) electrons. The third-order valence-electron chi connectivity index (χ3n) is 3.78. The Morgan fingerprint density at radius 2 is 1.88 bits per heavy atom. The summed E-state index contributed by atoms with van der Waals surface area (Å²) in [4.78, 5) is 13.1. The first-order chi connectivity index (χ1) is 12.4. The van der Waals surface area contributed by atoms with Crippen LogP contribution >= 0.6 is 23.1 Å². The standard InChI is InChI=1S/C19H15F3O2S2/c20-19(21,22)14-7-5-13(6-8-14)18(26-12-15-3-1-9-24-15)11-16(23)17-4-2-10-25-17/h1-10,18H,11-12H2/t18-/m0/s1. The van der Waals surface area contributed by atoms with Crippen molar-refractivity contribution in [2.24, 2.45) is 0 Å². The van der Waals surface area contributed by atoms with Crippen LogP contribution in [0.5, 0.6) is 0 Å². The SMILES string of the molecule is O=C(C[C@H](SCc1ccco1)c1ccc(C(F)(F)F)cc1)c1cccs1. The van der Waals surface area contributed by atoms with Gasteiger partial charge < -0.3 is 4.42 Å². The zero-order chi connectivity index (χ0) is 18.6. The van der Waals surface area contributed by atoms with Gasteiger partial charge in [-0.05, 0) is 41.3 Å². The van der Waals surface area contributed by atoms with Crippen LogP contribution in [0, 0.1) is 0 Å². The van der Waals surface area contributed by atoms with Gasteiger partial charge in [-0.3, -0.25) is 4.79 Å². The molecule has 7 heteroatoms. The number of ketones is 1. The highest BCUT2D eigenvalue weighted by atomic mass is 32.2. The van der Waals surface area contributed by atoms with Crippen molar-refractivity contribution in [1.82, 2.24) is 0 Å². The van der Waals surface area contributed by atoms with Crippen LogP contribution in [0.25, 0.3) is 0 Å². The molecule has 1 atom stereocenters. The van der Waals surface area contributed by atoms with Crippen LogP contribution in [-0.2, 0) is 11.9 Å². The highest BCUT2D eigenvalue weighted by Crippen LogP contribution is 2.37. The second-order valence-corrected chi connectivity index (χ2v) is 7.74. The number of thioether (sulfide) groups is 1. The van der Waals surface area contributed by atoms with Crippen LogP contribution in [0.4, 0.5) is 13.2 Å². The van der Waals surface area contributed by atoms with Crippen LogP contribution in [0.2, 0.25) is 0 Å². The second kappa shape index (κ2) is 8.14. The van der Waals surface area contributed by atoms with E-state index in [1.807, 2.05) is 11.4 Å². The van der Waals surface area contributed by atoms with Gasteiger partial charge in [0.05, 0.1) is 22.5 Å². The number of carbonyl (C=O) groups excluding carboxylic acids is 1. The first-order valence-corrected chi connectivity index (χ1v) is 9.74. The lowest BCUT2D eigenvalue weighted by Gasteiger charge is -2.17. The van der Waals surface area contributed by atoms with E-state index in [1.165, 1.54) is 35.2 Å². The molecular formula is C19H15F3O2S2. The molecule has 3 aromatic rings. The number of halogens is 3. The van der Waals surface area contributed by atoms with Gasteiger partial charge in [-0.2, -0.15) is 13.2 Å². The minimum absolute atomic E-state index is 0.0168. The summed E-state index contributed by atoms with van der Waals surface area (Å²) in [5.41, 5.74) is 0.0000742. The van der Waals surface area contributed by atoms with Gasteiger partial charge >= 0.3 is 6.18 Å². The molecule has 0 aliphatic carbocycles. The van der Waals surface area contributed by atoms with Crippen LogP contribution < -0.4 is 0 Å². The van der Waals surface area contributed by atoms with Crippen LogP contribution in [0.3, 0.4) is 0 Å². The summed E-state index contributed by atoms with van der Waals surface area (Å²) in [6, 6.07) is 12.2. The highest BCUT2D eigenvalue weighted by molar-refractivity contribution is 7.98. The summed E-state index contributed by atoms with van der Waals surface area (Å²) >= 11 is 2.84. The fourth-order valence-corrected chi connectivity index (χ4v) is 4.27. The van der Waals surface area contributed by atoms with Gasteiger partial charge in [0.1, 0.15) is 5.76 Å². The van der Waals surface area contributed by atoms with E-state index in [0.717, 1.165) is 17.9 Å². The molecule has 0 fully saturated rings. The summed E-state index contributed by atoms with van der Waals surface area (Å²) in [6.07, 6.45) is -2.58. The summed E-state index contributed by atoms with van der Waals surface area (Å²) in [6.45, 7) is 0. The van der Waals surface area contributed by atoms with E-state index in [1.54, 1.807) is 24.5 Å². The van der Waals surface area contributed by atoms with E-state index in [4.69, 9.17) is 4.42 Å². The minimum atomic E-state index is -4.37. The van der Waals surface area contributed by atoms with Gasteiger partial charge in [-0.25, -0.2) is 0 Å². The van der Waals surface area contributed by atoms with Crippen molar-refractivity contribution in [3.63, 3.8) is 0 Å². The molecule has 0 amide bonds. The number of hydrogen-bond donors (Lipinski definition) is 0. The predicted octanol–water partition coefficient (Wildman–Crippen LogP) is 6.61. The van der Waals surface area contributed by atoms with Gasteiger partial charge in [0.25, 0.3) is 0 Å². The number of furan rings is 1. The Hall–Kier alpha value is -1.99. The molecule has 0 saturated carbocycles. The van der Waals surface area contributed by atoms with E-state index in [2.05, 4.69) is 0 Å². The smallest absolute Gasteiger partial charge is 0.416 e. The molecule has 136 valence electrons. The number of rotatable bonds is 7. The zero-order valence-corrected chi connectivity index (χ0v) is 15.2. The van der Waals surface area contributed by atoms with Crippen molar-refractivity contribution >= 4 is 28.9 Å². The lowest BCUT2D eigenvalue weighted by Crippen LogP contribution is -2.07. The molecule has 0 bridgehead atoms. The maximum Gasteiger partial charge on any atom is 0.416 e. The number of benzene rings is 1. The molecule has 0 unspecified atom stereocenters. The largest absolute Gasteiger partial charge is 0.468 e. The molecule has 0 N–H and O–H groups in total. The van der Waals surface area contributed by atoms with E-state index < -0.39 is 11.7 Å². The second-order valence-electron chi connectivity index (χ2n) is 5.60. The third kappa shape index (κ3) is 4.80. The molecular weight excluding hydrogens is 381 g/mol. The van der Waals surface area contributed by atoms with Crippen molar-refractivity contribution in [1.29, 1.82) is 0 Å². The van der Waals surface area contributed by atoms with Gasteiger partial charge in [0.2, 0.25) is 0 Å². The van der Waals surface area contributed by atoms with Crippen molar-refractivity contribution in [3.05, 3.63) is 81.9 Å². The number of thiophene rings is 1. The van der Waals surface area contributed by atoms with E-state index in [-0.39, 0.29) is 17.5 Å². The molecule has 0 spiro atoms. The number of Topliss-reactive ketones (excluding diaryl/α,β-unsaturated/α-hetero) is 1. The van der Waals surface area contributed by atoms with Crippen molar-refractivity contribution < 1.29 is 22.4 Å². The number of carbonyl (C=O) groups is 1. The van der Waals surface area contributed by atoms with E-state index in [0.29, 0.717) is 16.2 Å². The average molecular weight is 396 g/mol. The molecule has 2 nitrogen and oxygen atoms in total. The molecule has 2 aromatic heterocycles. The lowest BCUT2D eigenvalue weighted by molar-refractivity contribution is -0.137. The summed E-state index contributed by atoms with van der Waals surface area (Å²) in [5.74, 6) is 1.28. The van der Waals surface area contributed by atoms with E-state index >= 15 is 0 Å². The van der Waals surface area contributed by atoms with Crippen LogP contribution in [0.1, 0.15) is 38.2 Å². The first-order valence-electron chi connectivity index (χ1n) is 7.81. The first kappa shape index (κ1) is 18.8. The van der Waals surface area contributed by atoms with Crippen LogP contribution in [-0.4, -0.2) is 5.78 Å². The van der Waals surface area contributed by atoms with Crippen molar-refractivity contribution in [3.8, 4) is 0 Å². The minimum Gasteiger partial charge on any atom is -0.468 e. The summed E-state index contributed by atoms with van der Waals surface area (Å²) in [7, 11) is 0. The van der Waals surface area contributed by atoms with E-state index in [9.17, 15) is 18.0 Å². The summed E-state index contributed by atoms with van der Waals surface area (Å²) < 4.78 is 43.6. The summed E-state index contributed by atoms with van der Waals surface area (Å²) in [5, 5.41) is 1.58. The normalized spacial score (nSPS) is 12.9. The Balaban J connectivity index is 1.78. The molecule has 3 rings (SSSR count). The molecule has 26 heavy (non-hydrogen) atoms. The lowest BCUT2D eigenvalue weighted by atomic mass is 10.0. The maximum absolute atomic E-state index is 12.8. The Labute approximate surface area is 157 Å². The monoisotopic (exact) mass is 396 g/mol. The highest BCUT2D eigenvalue weighted by Gasteiger charge is 2.30. The molecule has 0 aliphatic heterocycles.